The maximum Gasteiger partial charge on any atom is 0.426 e. The molecule has 0 aliphatic heterocycles. The van der Waals surface area contributed by atoms with Gasteiger partial charge in [0, 0.05) is 17.4 Å². The summed E-state index contributed by atoms with van der Waals surface area (Å²) in [7, 11) is 0. The summed E-state index contributed by atoms with van der Waals surface area (Å²) in [6, 6.07) is 0. The zero-order valence-corrected chi connectivity index (χ0v) is 15.7. The Hall–Kier alpha value is -1.71. The smallest absolute Gasteiger partial charge is 0.426 e. The van der Waals surface area contributed by atoms with Crippen molar-refractivity contribution in [2.45, 2.75) is 62.1 Å². The number of allylic oxidation sites excluding steroid dienone is 1. The molecule has 1 fully saturated rings. The first-order valence-electron chi connectivity index (χ1n) is 8.54. The number of halogens is 12. The van der Waals surface area contributed by atoms with Gasteiger partial charge in [-0.1, -0.05) is 6.08 Å². The van der Waals surface area contributed by atoms with Gasteiger partial charge in [-0.3, -0.25) is 0 Å². The Morgan fingerprint density at radius 1 is 0.688 bits per heavy atom. The van der Waals surface area contributed by atoms with Gasteiger partial charge < -0.3 is 15.3 Å². The summed E-state index contributed by atoms with van der Waals surface area (Å²) in [5.41, 5.74) is -12.2. The van der Waals surface area contributed by atoms with Gasteiger partial charge in [-0.05, 0) is 32.1 Å². The van der Waals surface area contributed by atoms with Crippen molar-refractivity contribution in [2.75, 3.05) is 0 Å². The lowest BCUT2D eigenvalue weighted by molar-refractivity contribution is -0.404. The number of rotatable bonds is 4. The molecule has 0 aromatic carbocycles. The maximum absolute atomic E-state index is 13.2. The predicted molar refractivity (Wildman–Crippen MR) is 79.8 cm³/mol. The Morgan fingerprint density at radius 3 is 1.19 bits per heavy atom. The van der Waals surface area contributed by atoms with Crippen LogP contribution in [0.2, 0.25) is 0 Å². The Morgan fingerprint density at radius 2 is 0.969 bits per heavy atom. The third-order valence-corrected chi connectivity index (χ3v) is 5.48. The van der Waals surface area contributed by atoms with Crippen LogP contribution in [0.5, 0.6) is 0 Å². The van der Waals surface area contributed by atoms with Gasteiger partial charge in [-0.2, -0.15) is 52.7 Å². The van der Waals surface area contributed by atoms with Crippen molar-refractivity contribution in [3.05, 3.63) is 11.6 Å². The number of hydrogen-bond donors (Lipinski definition) is 3. The summed E-state index contributed by atoms with van der Waals surface area (Å²) >= 11 is 0. The molecule has 2 unspecified atom stereocenters. The predicted octanol–water partition coefficient (Wildman–Crippen LogP) is 4.76. The molecule has 0 bridgehead atoms. The van der Waals surface area contributed by atoms with Crippen molar-refractivity contribution in [1.29, 1.82) is 0 Å². The van der Waals surface area contributed by atoms with E-state index >= 15 is 0 Å². The van der Waals surface area contributed by atoms with Crippen molar-refractivity contribution in [3.63, 3.8) is 0 Å². The van der Waals surface area contributed by atoms with Gasteiger partial charge in [0.15, 0.2) is 0 Å². The highest BCUT2D eigenvalue weighted by Crippen LogP contribution is 2.58. The molecule has 4 nitrogen and oxygen atoms in total. The van der Waals surface area contributed by atoms with Crippen LogP contribution in [0.25, 0.3) is 0 Å². The average Bonchev–Trinajstić information content (AvgIpc) is 2.55. The molecule has 1 aliphatic rings. The van der Waals surface area contributed by atoms with Crippen LogP contribution in [0.15, 0.2) is 11.6 Å². The summed E-state index contributed by atoms with van der Waals surface area (Å²) < 4.78 is 158. The lowest BCUT2D eigenvalue weighted by Gasteiger charge is -2.48. The molecule has 0 amide bonds. The topological polar surface area (TPSA) is 77.8 Å². The first kappa shape index (κ1) is 28.3. The second kappa shape index (κ2) is 8.25. The molecule has 0 spiro atoms. The third kappa shape index (κ3) is 4.79. The normalized spacial score (nSPS) is 25.1. The summed E-state index contributed by atoms with van der Waals surface area (Å²) in [4.78, 5) is 10.9. The van der Waals surface area contributed by atoms with Crippen LogP contribution in [0, 0.1) is 17.8 Å². The van der Waals surface area contributed by atoms with Gasteiger partial charge in [0.05, 0.1) is 0 Å². The molecule has 0 aromatic rings. The van der Waals surface area contributed by atoms with Crippen molar-refractivity contribution in [1.82, 2.24) is 0 Å². The van der Waals surface area contributed by atoms with Gasteiger partial charge >= 0.3 is 30.7 Å². The third-order valence-electron chi connectivity index (χ3n) is 5.48. The van der Waals surface area contributed by atoms with Crippen LogP contribution < -0.4 is 0 Å². The van der Waals surface area contributed by atoms with E-state index < -0.39 is 84.5 Å². The van der Waals surface area contributed by atoms with E-state index in [4.69, 9.17) is 5.11 Å². The summed E-state index contributed by atoms with van der Waals surface area (Å²) in [6.45, 7) is 0.750. The molecule has 3 N–H and O–H groups in total. The molecule has 1 aliphatic carbocycles. The second-order valence-electron chi connectivity index (χ2n) is 7.54. The molecule has 1 saturated carbocycles. The van der Waals surface area contributed by atoms with Crippen molar-refractivity contribution < 1.29 is 72.8 Å². The number of carbonyl (C=O) groups is 1. The van der Waals surface area contributed by atoms with Gasteiger partial charge in [0.25, 0.3) is 11.2 Å². The molecular weight excluding hydrogens is 484 g/mol. The first-order valence-corrected chi connectivity index (χ1v) is 8.54. The highest BCUT2D eigenvalue weighted by molar-refractivity contribution is 5.85. The fourth-order valence-electron chi connectivity index (χ4n) is 3.85. The van der Waals surface area contributed by atoms with E-state index in [0.717, 1.165) is 6.92 Å². The van der Waals surface area contributed by atoms with Gasteiger partial charge in [-0.15, -0.1) is 0 Å². The average molecular weight is 500 g/mol. The van der Waals surface area contributed by atoms with E-state index in [1.807, 2.05) is 0 Å². The summed E-state index contributed by atoms with van der Waals surface area (Å²) in [5.74, 6) is -10.4. The zero-order chi connectivity index (χ0) is 25.7. The fourth-order valence-corrected chi connectivity index (χ4v) is 3.85. The maximum atomic E-state index is 13.2. The number of carboxylic acids is 1. The molecule has 0 saturated heterocycles. The number of aliphatic hydroxyl groups is 2. The molecule has 188 valence electrons. The molecule has 0 radical (unpaired) electrons. The van der Waals surface area contributed by atoms with E-state index in [1.54, 1.807) is 0 Å². The second-order valence-corrected chi connectivity index (χ2v) is 7.54. The van der Waals surface area contributed by atoms with E-state index in [9.17, 15) is 67.7 Å². The van der Waals surface area contributed by atoms with Gasteiger partial charge in [0.1, 0.15) is 0 Å². The molecule has 1 rings (SSSR count). The zero-order valence-electron chi connectivity index (χ0n) is 15.7. The minimum Gasteiger partial charge on any atom is -0.478 e. The van der Waals surface area contributed by atoms with E-state index in [-0.39, 0.29) is 0 Å². The Bertz CT molecular complexity index is 657. The van der Waals surface area contributed by atoms with E-state index in [2.05, 4.69) is 0 Å². The molecule has 0 aromatic heterocycles. The van der Waals surface area contributed by atoms with Crippen LogP contribution in [0.4, 0.5) is 52.7 Å². The Kier molecular flexibility index (Phi) is 7.31. The van der Waals surface area contributed by atoms with Crippen molar-refractivity contribution in [3.8, 4) is 0 Å². The van der Waals surface area contributed by atoms with E-state index in [0.29, 0.717) is 6.08 Å². The fraction of sp³-hybridized carbons (Fsp3) is 0.812. The number of hydrogen-bond acceptors (Lipinski definition) is 3. The molecule has 32 heavy (non-hydrogen) atoms. The molecule has 2 atom stereocenters. The Labute approximate surface area is 171 Å². The number of alkyl halides is 12. The van der Waals surface area contributed by atoms with Crippen molar-refractivity contribution >= 4 is 5.97 Å². The van der Waals surface area contributed by atoms with Crippen molar-refractivity contribution in [2.24, 2.45) is 17.8 Å². The van der Waals surface area contributed by atoms with Crippen LogP contribution in [0.3, 0.4) is 0 Å². The summed E-state index contributed by atoms with van der Waals surface area (Å²) in [5, 5.41) is 27.9. The highest BCUT2D eigenvalue weighted by atomic mass is 19.4. The quantitative estimate of drug-likeness (QED) is 0.385. The largest absolute Gasteiger partial charge is 0.478 e. The standard InChI is InChI=1S/C16H16F12O4/c1-6(10(29)30)2-7-3-8(11(31,13(17,18)19)14(20,21)22)5-9(4-7)12(32,15(23,24)25)16(26,27)28/h2,7-9,31-32H,3-5H2,1H3,(H,29,30)/b6-2+. The van der Waals surface area contributed by atoms with E-state index in [1.165, 1.54) is 0 Å². The first-order chi connectivity index (χ1) is 13.9. The van der Waals surface area contributed by atoms with Crippen LogP contribution >= 0.6 is 0 Å². The van der Waals surface area contributed by atoms with Crippen LogP contribution in [0.1, 0.15) is 26.2 Å². The highest BCUT2D eigenvalue weighted by Gasteiger charge is 2.78. The number of aliphatic carboxylic acids is 1. The van der Waals surface area contributed by atoms with Gasteiger partial charge in [0.2, 0.25) is 0 Å². The lowest BCUT2D eigenvalue weighted by atomic mass is 9.63. The van der Waals surface area contributed by atoms with Crippen LogP contribution in [-0.4, -0.2) is 57.2 Å². The SMILES string of the molecule is C/C(=C\C1CC(C(O)(C(F)(F)F)C(F)(F)F)CC(C(O)(C(F)(F)F)C(F)(F)F)C1)C(=O)O. The Balaban J connectivity index is 3.75. The van der Waals surface area contributed by atoms with Gasteiger partial charge in [-0.25, -0.2) is 4.79 Å². The minimum atomic E-state index is -6.57. The monoisotopic (exact) mass is 500 g/mol. The lowest BCUT2D eigenvalue weighted by Crippen LogP contribution is -2.66. The molecule has 0 heterocycles. The summed E-state index contributed by atoms with van der Waals surface area (Å²) in [6.07, 6.45) is -31.0. The van der Waals surface area contributed by atoms with Crippen LogP contribution in [-0.2, 0) is 4.79 Å². The molecular formula is C16H16F12O4. The number of carboxylic acid groups (broad SMARTS) is 1. The molecule has 16 heteroatoms. The minimum absolute atomic E-state index is 0.391.